The van der Waals surface area contributed by atoms with Gasteiger partial charge in [-0.1, -0.05) is 71.9 Å². The fraction of sp³-hybridized carbons (Fsp3) is 0.286. The van der Waals surface area contributed by atoms with E-state index in [0.29, 0.717) is 23.8 Å². The highest BCUT2D eigenvalue weighted by Gasteiger charge is 2.48. The Morgan fingerprint density at radius 1 is 0.848 bits per heavy atom. The van der Waals surface area contributed by atoms with E-state index in [9.17, 15) is 4.39 Å². The molecule has 3 heterocycles. The molecule has 4 atom stereocenters. The van der Waals surface area contributed by atoms with Crippen molar-refractivity contribution in [3.63, 3.8) is 0 Å². The van der Waals surface area contributed by atoms with Gasteiger partial charge in [0.05, 0.1) is 5.92 Å². The van der Waals surface area contributed by atoms with Gasteiger partial charge in [-0.15, -0.1) is 0 Å². The van der Waals surface area contributed by atoms with Crippen LogP contribution in [-0.2, 0) is 0 Å². The average molecular weight is 440 g/mol. The predicted molar refractivity (Wildman–Crippen MR) is 126 cm³/mol. The van der Waals surface area contributed by atoms with Crippen molar-refractivity contribution < 1.29 is 8.91 Å². The summed E-state index contributed by atoms with van der Waals surface area (Å²) in [5, 5.41) is 4.35. The summed E-state index contributed by atoms with van der Waals surface area (Å²) in [7, 11) is 2.20. The number of likely N-dealkylation sites (N-methyl/N-ethyl adjacent to an activating group) is 1. The first-order valence-electron chi connectivity index (χ1n) is 11.6. The number of hydrogen-bond donors (Lipinski definition) is 0. The van der Waals surface area contributed by atoms with E-state index in [0.717, 1.165) is 29.5 Å². The molecular weight excluding hydrogens is 413 g/mol. The Labute approximate surface area is 193 Å². The van der Waals surface area contributed by atoms with Crippen molar-refractivity contribution in [3.8, 4) is 22.5 Å². The van der Waals surface area contributed by atoms with Crippen LogP contribution < -0.4 is 0 Å². The van der Waals surface area contributed by atoms with Crippen LogP contribution in [0.15, 0.2) is 83.4 Å². The molecule has 6 rings (SSSR count). The molecule has 2 aliphatic rings. The summed E-state index contributed by atoms with van der Waals surface area (Å²) < 4.78 is 19.5. The largest absolute Gasteiger partial charge is 0.339 e. The molecule has 3 aromatic carbocycles. The topological polar surface area (TPSA) is 42.2 Å². The molecule has 1 unspecified atom stereocenters. The summed E-state index contributed by atoms with van der Waals surface area (Å²) in [6.07, 6.45) is 3.32. The summed E-state index contributed by atoms with van der Waals surface area (Å²) >= 11 is 0. The lowest BCUT2D eigenvalue weighted by Crippen LogP contribution is -2.44. The number of fused-ring (bicyclic) bond motifs is 2. The van der Waals surface area contributed by atoms with Crippen LogP contribution in [0.1, 0.15) is 42.6 Å². The lowest BCUT2D eigenvalue weighted by molar-refractivity contribution is 0.120. The number of hydrogen-bond acceptors (Lipinski definition) is 4. The Hall–Kier alpha value is -3.31. The van der Waals surface area contributed by atoms with Crippen molar-refractivity contribution in [2.24, 2.45) is 0 Å². The van der Waals surface area contributed by atoms with Crippen LogP contribution in [0.25, 0.3) is 22.5 Å². The fourth-order valence-electron chi connectivity index (χ4n) is 5.79. The molecule has 2 fully saturated rings. The normalized spacial score (nSPS) is 24.8. The van der Waals surface area contributed by atoms with Gasteiger partial charge in [-0.25, -0.2) is 4.39 Å². The molecule has 33 heavy (non-hydrogen) atoms. The van der Waals surface area contributed by atoms with Gasteiger partial charge in [-0.3, -0.25) is 4.90 Å². The molecule has 0 N–H and O–H groups in total. The first-order valence-corrected chi connectivity index (χ1v) is 11.6. The van der Waals surface area contributed by atoms with Gasteiger partial charge in [0.2, 0.25) is 11.7 Å². The van der Waals surface area contributed by atoms with Crippen LogP contribution in [0.3, 0.4) is 0 Å². The molecular formula is C28H26FN3O. The highest BCUT2D eigenvalue weighted by Crippen LogP contribution is 2.50. The van der Waals surface area contributed by atoms with Crippen LogP contribution in [0.2, 0.25) is 0 Å². The summed E-state index contributed by atoms with van der Waals surface area (Å²) in [5.41, 5.74) is 4.43. The van der Waals surface area contributed by atoms with Crippen LogP contribution >= 0.6 is 0 Å². The molecule has 2 aliphatic heterocycles. The molecule has 5 heteroatoms. The van der Waals surface area contributed by atoms with Gasteiger partial charge in [0, 0.05) is 17.6 Å². The maximum absolute atomic E-state index is 13.6. The lowest BCUT2D eigenvalue weighted by atomic mass is 9.76. The van der Waals surface area contributed by atoms with E-state index in [4.69, 9.17) is 9.51 Å². The van der Waals surface area contributed by atoms with Crippen LogP contribution in [0.5, 0.6) is 0 Å². The Kier molecular flexibility index (Phi) is 5.07. The fourth-order valence-corrected chi connectivity index (χ4v) is 5.79. The third-order valence-corrected chi connectivity index (χ3v) is 7.54. The van der Waals surface area contributed by atoms with Crippen LogP contribution in [0, 0.1) is 5.82 Å². The molecule has 166 valence electrons. The van der Waals surface area contributed by atoms with E-state index in [1.54, 1.807) is 12.1 Å². The molecule has 1 aromatic heterocycles. The minimum atomic E-state index is -0.203. The van der Waals surface area contributed by atoms with Crippen molar-refractivity contribution in [1.82, 2.24) is 15.0 Å². The van der Waals surface area contributed by atoms with Gasteiger partial charge in [-0.05, 0) is 61.1 Å². The van der Waals surface area contributed by atoms with Crippen LogP contribution in [0.4, 0.5) is 4.39 Å². The number of rotatable bonds is 4. The quantitative estimate of drug-likeness (QED) is 0.375. The molecule has 0 amide bonds. The summed E-state index contributed by atoms with van der Waals surface area (Å²) in [6.45, 7) is 0. The van der Waals surface area contributed by atoms with Gasteiger partial charge < -0.3 is 4.52 Å². The van der Waals surface area contributed by atoms with Gasteiger partial charge >= 0.3 is 0 Å². The monoisotopic (exact) mass is 439 g/mol. The lowest BCUT2D eigenvalue weighted by Gasteiger charge is -2.41. The van der Waals surface area contributed by atoms with Gasteiger partial charge in [-0.2, -0.15) is 4.98 Å². The number of halogens is 1. The number of aromatic nitrogens is 2. The zero-order chi connectivity index (χ0) is 22.4. The van der Waals surface area contributed by atoms with Crippen molar-refractivity contribution in [3.05, 3.63) is 96.1 Å². The van der Waals surface area contributed by atoms with E-state index in [2.05, 4.69) is 41.4 Å². The van der Waals surface area contributed by atoms with Gasteiger partial charge in [0.25, 0.3) is 0 Å². The second-order valence-corrected chi connectivity index (χ2v) is 9.28. The zero-order valence-corrected chi connectivity index (χ0v) is 18.6. The molecule has 0 saturated carbocycles. The zero-order valence-electron chi connectivity index (χ0n) is 18.6. The molecule has 4 aromatic rings. The SMILES string of the molecule is CN1C2CC[C@@H]1[C@H](c1nc(-c3ccc(-c4ccccc4)cc3)no1)[C@@H](c1ccc(F)cc1)C2. The highest BCUT2D eigenvalue weighted by molar-refractivity contribution is 5.67. The second kappa shape index (κ2) is 8.23. The second-order valence-electron chi connectivity index (χ2n) is 9.28. The minimum absolute atomic E-state index is 0.101. The maximum Gasteiger partial charge on any atom is 0.232 e. The number of piperidine rings is 1. The highest BCUT2D eigenvalue weighted by atomic mass is 19.1. The van der Waals surface area contributed by atoms with E-state index in [1.807, 2.05) is 42.5 Å². The number of benzene rings is 3. The molecule has 0 aliphatic carbocycles. The smallest absolute Gasteiger partial charge is 0.232 e. The molecule has 2 bridgehead atoms. The van der Waals surface area contributed by atoms with E-state index < -0.39 is 0 Å². The maximum atomic E-state index is 13.6. The average Bonchev–Trinajstić information content (AvgIpc) is 3.42. The Morgan fingerprint density at radius 3 is 2.30 bits per heavy atom. The molecule has 4 nitrogen and oxygen atoms in total. The van der Waals surface area contributed by atoms with Crippen LogP contribution in [-0.4, -0.2) is 34.2 Å². The van der Waals surface area contributed by atoms with E-state index in [-0.39, 0.29) is 17.7 Å². The third kappa shape index (κ3) is 3.66. The molecule has 0 radical (unpaired) electrons. The molecule has 2 saturated heterocycles. The standard InChI is InChI=1S/C28H26FN3O/c1-32-23-15-16-25(32)26(24(17-23)20-11-13-22(29)14-12-20)28-30-27(31-33-28)21-9-7-19(8-10-21)18-5-3-2-4-6-18/h2-14,23-26H,15-17H2,1H3/t23?,24-,25-,26-/m1/s1. The van der Waals surface area contributed by atoms with E-state index >= 15 is 0 Å². The Bertz CT molecular complexity index is 1240. The summed E-state index contributed by atoms with van der Waals surface area (Å²) in [5.74, 6) is 1.44. The molecule has 0 spiro atoms. The van der Waals surface area contributed by atoms with Gasteiger partial charge in [0.1, 0.15) is 5.82 Å². The summed E-state index contributed by atoms with van der Waals surface area (Å²) in [6, 6.07) is 26.4. The number of nitrogens with zero attached hydrogens (tertiary/aromatic N) is 3. The first-order chi connectivity index (χ1) is 16.2. The van der Waals surface area contributed by atoms with E-state index in [1.165, 1.54) is 12.0 Å². The third-order valence-electron chi connectivity index (χ3n) is 7.54. The van der Waals surface area contributed by atoms with Crippen molar-refractivity contribution in [2.45, 2.75) is 43.2 Å². The van der Waals surface area contributed by atoms with Crippen molar-refractivity contribution >= 4 is 0 Å². The van der Waals surface area contributed by atoms with Crippen molar-refractivity contribution in [2.75, 3.05) is 7.05 Å². The summed E-state index contributed by atoms with van der Waals surface area (Å²) in [4.78, 5) is 7.35. The predicted octanol–water partition coefficient (Wildman–Crippen LogP) is 6.28. The van der Waals surface area contributed by atoms with Gasteiger partial charge in [0.15, 0.2) is 0 Å². The first kappa shape index (κ1) is 20.3. The minimum Gasteiger partial charge on any atom is -0.339 e. The van der Waals surface area contributed by atoms with Crippen molar-refractivity contribution in [1.29, 1.82) is 0 Å². The Balaban J connectivity index is 1.32. The Morgan fingerprint density at radius 2 is 1.55 bits per heavy atom.